The molecular weight excluding hydrogens is 262 g/mol. The van der Waals surface area contributed by atoms with Gasteiger partial charge in [-0.25, -0.2) is 0 Å². The number of ether oxygens (including phenoxy) is 2. The van der Waals surface area contributed by atoms with E-state index in [0.717, 1.165) is 18.0 Å². The molecule has 0 amide bonds. The van der Waals surface area contributed by atoms with Crippen molar-refractivity contribution in [2.45, 2.75) is 52.0 Å². The second-order valence-electron chi connectivity index (χ2n) is 7.40. The number of methoxy groups -OCH3 is 2. The molecule has 3 heteroatoms. The van der Waals surface area contributed by atoms with Crippen LogP contribution in [0.1, 0.15) is 46.1 Å². The van der Waals surface area contributed by atoms with Crippen molar-refractivity contribution in [1.29, 1.82) is 0 Å². The van der Waals surface area contributed by atoms with E-state index in [1.54, 1.807) is 14.2 Å². The number of nitrogens with one attached hydrogen (secondary N) is 1. The molecule has 1 N–H and O–H groups in total. The Morgan fingerprint density at radius 3 is 2.19 bits per heavy atom. The largest absolute Gasteiger partial charge is 0.493 e. The lowest BCUT2D eigenvalue weighted by Gasteiger charge is -2.54. The summed E-state index contributed by atoms with van der Waals surface area (Å²) in [6, 6.07) is 6.87. The highest BCUT2D eigenvalue weighted by atomic mass is 16.5. The maximum absolute atomic E-state index is 5.47. The molecule has 1 saturated carbocycles. The third kappa shape index (κ3) is 3.34. The SMILES string of the molecule is COc1ccc(C2(CNC(C)C)CC(C)(C)C2)cc1OC. The Labute approximate surface area is 129 Å². The van der Waals surface area contributed by atoms with Crippen molar-refractivity contribution in [1.82, 2.24) is 5.32 Å². The summed E-state index contributed by atoms with van der Waals surface area (Å²) in [5.74, 6) is 1.62. The summed E-state index contributed by atoms with van der Waals surface area (Å²) in [6.07, 6.45) is 2.41. The summed E-state index contributed by atoms with van der Waals surface area (Å²) >= 11 is 0. The summed E-state index contributed by atoms with van der Waals surface area (Å²) < 4.78 is 10.8. The molecule has 118 valence electrons. The van der Waals surface area contributed by atoms with E-state index >= 15 is 0 Å². The lowest BCUT2D eigenvalue weighted by molar-refractivity contribution is 0.0546. The van der Waals surface area contributed by atoms with Crippen molar-refractivity contribution in [3.05, 3.63) is 23.8 Å². The molecule has 0 atom stereocenters. The lowest BCUT2D eigenvalue weighted by Crippen LogP contribution is -2.53. The maximum Gasteiger partial charge on any atom is 0.161 e. The van der Waals surface area contributed by atoms with Gasteiger partial charge in [-0.15, -0.1) is 0 Å². The van der Waals surface area contributed by atoms with Crippen LogP contribution in [0.2, 0.25) is 0 Å². The molecule has 1 fully saturated rings. The topological polar surface area (TPSA) is 30.5 Å². The minimum atomic E-state index is 0.216. The van der Waals surface area contributed by atoms with E-state index in [9.17, 15) is 0 Å². The quantitative estimate of drug-likeness (QED) is 0.865. The monoisotopic (exact) mass is 291 g/mol. The van der Waals surface area contributed by atoms with E-state index < -0.39 is 0 Å². The number of rotatable bonds is 6. The van der Waals surface area contributed by atoms with Crippen LogP contribution in [0.15, 0.2) is 18.2 Å². The van der Waals surface area contributed by atoms with Gasteiger partial charge in [-0.05, 0) is 36.0 Å². The van der Waals surface area contributed by atoms with Crippen LogP contribution in [0.4, 0.5) is 0 Å². The molecule has 0 spiro atoms. The average molecular weight is 291 g/mol. The molecule has 0 aliphatic heterocycles. The highest BCUT2D eigenvalue weighted by Crippen LogP contribution is 2.55. The Morgan fingerprint density at radius 2 is 1.71 bits per heavy atom. The first-order valence-electron chi connectivity index (χ1n) is 7.78. The van der Waals surface area contributed by atoms with Gasteiger partial charge in [0.15, 0.2) is 11.5 Å². The van der Waals surface area contributed by atoms with E-state index in [2.05, 4.69) is 45.1 Å². The van der Waals surface area contributed by atoms with Gasteiger partial charge in [-0.1, -0.05) is 33.8 Å². The van der Waals surface area contributed by atoms with Crippen LogP contribution in [0.25, 0.3) is 0 Å². The predicted octanol–water partition coefficient (Wildman–Crippen LogP) is 3.76. The van der Waals surface area contributed by atoms with E-state index in [-0.39, 0.29) is 5.41 Å². The Kier molecular flexibility index (Phi) is 4.52. The molecule has 0 bridgehead atoms. The van der Waals surface area contributed by atoms with Gasteiger partial charge in [0.2, 0.25) is 0 Å². The van der Waals surface area contributed by atoms with Crippen LogP contribution in [-0.4, -0.2) is 26.8 Å². The van der Waals surface area contributed by atoms with Gasteiger partial charge in [0.25, 0.3) is 0 Å². The summed E-state index contributed by atoms with van der Waals surface area (Å²) in [5.41, 5.74) is 1.99. The fourth-order valence-electron chi connectivity index (χ4n) is 3.78. The van der Waals surface area contributed by atoms with Crippen LogP contribution in [0, 0.1) is 5.41 Å². The second-order valence-corrected chi connectivity index (χ2v) is 7.40. The molecular formula is C18H29NO2. The Balaban J connectivity index is 2.29. The standard InChI is InChI=1S/C18H29NO2/c1-13(2)19-12-18(10-17(3,4)11-18)14-7-8-15(20-5)16(9-14)21-6/h7-9,13,19H,10-12H2,1-6H3. The summed E-state index contributed by atoms with van der Waals surface area (Å²) in [4.78, 5) is 0. The van der Waals surface area contributed by atoms with Crippen molar-refractivity contribution in [2.75, 3.05) is 20.8 Å². The smallest absolute Gasteiger partial charge is 0.161 e. The van der Waals surface area contributed by atoms with E-state index in [1.165, 1.54) is 18.4 Å². The van der Waals surface area contributed by atoms with E-state index in [1.807, 2.05) is 6.07 Å². The first-order valence-corrected chi connectivity index (χ1v) is 7.78. The molecule has 0 unspecified atom stereocenters. The van der Waals surface area contributed by atoms with Crippen molar-refractivity contribution in [3.8, 4) is 11.5 Å². The van der Waals surface area contributed by atoms with Gasteiger partial charge < -0.3 is 14.8 Å². The van der Waals surface area contributed by atoms with Crippen molar-refractivity contribution in [2.24, 2.45) is 5.41 Å². The molecule has 0 radical (unpaired) electrons. The molecule has 21 heavy (non-hydrogen) atoms. The number of hydrogen-bond donors (Lipinski definition) is 1. The van der Waals surface area contributed by atoms with Gasteiger partial charge in [-0.2, -0.15) is 0 Å². The number of hydrogen-bond acceptors (Lipinski definition) is 3. The van der Waals surface area contributed by atoms with E-state index in [4.69, 9.17) is 9.47 Å². The average Bonchev–Trinajstić information content (AvgIpc) is 2.41. The number of benzene rings is 1. The van der Waals surface area contributed by atoms with E-state index in [0.29, 0.717) is 11.5 Å². The van der Waals surface area contributed by atoms with Crippen LogP contribution < -0.4 is 14.8 Å². The minimum Gasteiger partial charge on any atom is -0.493 e. The molecule has 2 rings (SSSR count). The first-order chi connectivity index (χ1) is 9.82. The predicted molar refractivity (Wildman–Crippen MR) is 87.4 cm³/mol. The second kappa shape index (κ2) is 5.88. The lowest BCUT2D eigenvalue weighted by atomic mass is 9.52. The molecule has 3 nitrogen and oxygen atoms in total. The van der Waals surface area contributed by atoms with Crippen molar-refractivity contribution >= 4 is 0 Å². The maximum atomic E-state index is 5.47. The Hall–Kier alpha value is -1.22. The summed E-state index contributed by atoms with van der Waals surface area (Å²) in [5, 5.41) is 3.62. The molecule has 1 aliphatic carbocycles. The molecule has 0 aromatic heterocycles. The van der Waals surface area contributed by atoms with Crippen LogP contribution in [-0.2, 0) is 5.41 Å². The summed E-state index contributed by atoms with van der Waals surface area (Å²) in [7, 11) is 3.38. The van der Waals surface area contributed by atoms with Gasteiger partial charge in [-0.3, -0.25) is 0 Å². The zero-order valence-corrected chi connectivity index (χ0v) is 14.2. The normalized spacial score (nSPS) is 19.2. The van der Waals surface area contributed by atoms with Gasteiger partial charge in [0.1, 0.15) is 0 Å². The van der Waals surface area contributed by atoms with Gasteiger partial charge in [0.05, 0.1) is 14.2 Å². The zero-order valence-electron chi connectivity index (χ0n) is 14.2. The molecule has 1 aliphatic rings. The van der Waals surface area contributed by atoms with Crippen LogP contribution >= 0.6 is 0 Å². The third-order valence-electron chi connectivity index (χ3n) is 4.48. The molecule has 1 aromatic carbocycles. The van der Waals surface area contributed by atoms with Gasteiger partial charge >= 0.3 is 0 Å². The Bertz CT molecular complexity index is 486. The minimum absolute atomic E-state index is 0.216. The van der Waals surface area contributed by atoms with Crippen molar-refractivity contribution in [3.63, 3.8) is 0 Å². The molecule has 1 aromatic rings. The van der Waals surface area contributed by atoms with Crippen LogP contribution in [0.5, 0.6) is 11.5 Å². The summed E-state index contributed by atoms with van der Waals surface area (Å²) in [6.45, 7) is 10.1. The van der Waals surface area contributed by atoms with Crippen molar-refractivity contribution < 1.29 is 9.47 Å². The van der Waals surface area contributed by atoms with Crippen LogP contribution in [0.3, 0.4) is 0 Å². The fraction of sp³-hybridized carbons (Fsp3) is 0.667. The Morgan fingerprint density at radius 1 is 1.10 bits per heavy atom. The highest BCUT2D eigenvalue weighted by molar-refractivity contribution is 5.46. The highest BCUT2D eigenvalue weighted by Gasteiger charge is 2.50. The molecule has 0 saturated heterocycles. The first kappa shape index (κ1) is 16.2. The third-order valence-corrected chi connectivity index (χ3v) is 4.48. The molecule has 0 heterocycles. The fourth-order valence-corrected chi connectivity index (χ4v) is 3.78. The zero-order chi connectivity index (χ0) is 15.7. The van der Waals surface area contributed by atoms with Gasteiger partial charge in [0, 0.05) is 18.0 Å².